The maximum Gasteiger partial charge on any atom is 0.158 e. The van der Waals surface area contributed by atoms with Gasteiger partial charge in [0.05, 0.1) is 41.9 Å². The topological polar surface area (TPSA) is 34.0 Å². The van der Waals surface area contributed by atoms with E-state index in [0.717, 1.165) is 91.7 Å². The Kier molecular flexibility index (Phi) is 6.60. The van der Waals surface area contributed by atoms with Crippen molar-refractivity contribution in [3.05, 3.63) is 95.0 Å². The van der Waals surface area contributed by atoms with Crippen LogP contribution >= 0.6 is 94.2 Å². The molecule has 0 amide bonds. The van der Waals surface area contributed by atoms with Crippen LogP contribution in [0.2, 0.25) is 0 Å². The largest absolute Gasteiger partial charge is 0.479 e. The van der Waals surface area contributed by atoms with E-state index in [2.05, 4.69) is 12.1 Å². The summed E-state index contributed by atoms with van der Waals surface area (Å²) in [6.45, 7) is 0. The van der Waals surface area contributed by atoms with E-state index in [1.54, 1.807) is 34.0 Å². The highest BCUT2D eigenvalue weighted by Gasteiger charge is 2.46. The van der Waals surface area contributed by atoms with Crippen LogP contribution in [-0.4, -0.2) is 0 Å². The number of hydrogen-bond donors (Lipinski definition) is 0. The number of ether oxygens (including phenoxy) is 1. The first-order valence-electron chi connectivity index (χ1n) is 15.3. The van der Waals surface area contributed by atoms with Gasteiger partial charge >= 0.3 is 0 Å². The molecule has 228 valence electrons. The summed E-state index contributed by atoms with van der Waals surface area (Å²) in [7, 11) is 0. The van der Waals surface area contributed by atoms with Crippen molar-refractivity contribution in [1.29, 1.82) is 0 Å². The zero-order valence-electron chi connectivity index (χ0n) is 24.4. The molecule has 0 radical (unpaired) electrons. The quantitative estimate of drug-likeness (QED) is 0.164. The first-order chi connectivity index (χ1) is 22.9. The number of thiophene rings is 4. The highest BCUT2D eigenvalue weighted by Crippen LogP contribution is 2.63. The number of hydrogen-bond acceptors (Lipinski definition) is 11. The monoisotopic (exact) mass is 752 g/mol. The fourth-order valence-corrected chi connectivity index (χ4v) is 13.9. The minimum atomic E-state index is -0.345. The summed E-state index contributed by atoms with van der Waals surface area (Å²) in [5.74, 6) is 1.02. The first-order valence-corrected chi connectivity index (χ1v) is 20.2. The van der Waals surface area contributed by atoms with Crippen molar-refractivity contribution < 1.29 is 4.74 Å². The van der Waals surface area contributed by atoms with E-state index >= 15 is 0 Å². The van der Waals surface area contributed by atoms with Gasteiger partial charge in [0, 0.05) is 31.8 Å². The van der Waals surface area contributed by atoms with E-state index in [0.29, 0.717) is 0 Å². The number of benzene rings is 2. The van der Waals surface area contributed by atoms with Crippen molar-refractivity contribution in [3.63, 3.8) is 0 Å². The Morgan fingerprint density at radius 3 is 1.57 bits per heavy atom. The minimum Gasteiger partial charge on any atom is -0.479 e. The lowest BCUT2D eigenvalue weighted by Crippen LogP contribution is -2.37. The molecule has 4 aromatic carbocycles. The van der Waals surface area contributed by atoms with E-state index in [1.165, 1.54) is 40.5 Å². The maximum absolute atomic E-state index is 7.26. The molecule has 11 heteroatoms. The predicted octanol–water partition coefficient (Wildman–Crippen LogP) is 12.9. The van der Waals surface area contributed by atoms with E-state index in [4.69, 9.17) is 63.6 Å². The molecule has 0 saturated heterocycles. The summed E-state index contributed by atoms with van der Waals surface area (Å²) in [4.78, 5) is 12.7. The Balaban J connectivity index is 1.14. The van der Waals surface area contributed by atoms with Crippen LogP contribution in [0.1, 0.15) is 37.7 Å². The fraction of sp³-hybridized carbons (Fsp3) is 0.167. The smallest absolute Gasteiger partial charge is 0.158 e. The average Bonchev–Trinajstić information content (AvgIpc) is 3.91. The van der Waals surface area contributed by atoms with Crippen molar-refractivity contribution >= 4 is 145 Å². The summed E-state index contributed by atoms with van der Waals surface area (Å²) in [6, 6.07) is 20.5. The summed E-state index contributed by atoms with van der Waals surface area (Å²) in [6.07, 6.45) is 5.56. The fourth-order valence-electron chi connectivity index (χ4n) is 7.28. The van der Waals surface area contributed by atoms with Gasteiger partial charge < -0.3 is 4.74 Å². The van der Waals surface area contributed by atoms with Crippen molar-refractivity contribution in [1.82, 2.24) is 0 Å². The molecule has 5 heterocycles. The molecule has 1 fully saturated rings. The second-order valence-corrected chi connectivity index (χ2v) is 17.9. The molecule has 0 atom stereocenters. The second-order valence-electron chi connectivity index (χ2n) is 12.1. The molecule has 8 aromatic rings. The molecule has 1 saturated carbocycles. The number of nitrogens with zero attached hydrogens (tertiary/aromatic N) is 2. The predicted molar refractivity (Wildman–Crippen MR) is 210 cm³/mol. The van der Waals surface area contributed by atoms with Crippen LogP contribution in [0.5, 0.6) is 5.75 Å². The van der Waals surface area contributed by atoms with Gasteiger partial charge in [0.15, 0.2) is 5.75 Å². The lowest BCUT2D eigenvalue weighted by molar-refractivity contribution is 0.0282. The lowest BCUT2D eigenvalue weighted by Gasteiger charge is -2.40. The molecule has 10 rings (SSSR count). The van der Waals surface area contributed by atoms with Crippen LogP contribution in [0.25, 0.3) is 50.1 Å². The highest BCUT2D eigenvalue weighted by molar-refractivity contribution is 7.72. The van der Waals surface area contributed by atoms with Crippen molar-refractivity contribution in [2.75, 3.05) is 0 Å². The molecule has 0 bridgehead atoms. The normalized spacial score (nSPS) is 15.5. The van der Waals surface area contributed by atoms with Crippen molar-refractivity contribution in [2.45, 2.75) is 37.7 Å². The minimum absolute atomic E-state index is 0.345. The summed E-state index contributed by atoms with van der Waals surface area (Å²) in [5.41, 5.74) is 1.01. The van der Waals surface area contributed by atoms with Gasteiger partial charge in [0.2, 0.25) is 0 Å². The zero-order chi connectivity index (χ0) is 31.6. The van der Waals surface area contributed by atoms with Crippen LogP contribution in [0, 0.1) is 18.0 Å². The van der Waals surface area contributed by atoms with Crippen LogP contribution in [0.15, 0.2) is 70.6 Å². The second kappa shape index (κ2) is 10.6. The molecule has 4 aromatic heterocycles. The highest BCUT2D eigenvalue weighted by atomic mass is 32.1. The van der Waals surface area contributed by atoms with E-state index < -0.39 is 0 Å². The standard InChI is InChI=1S/C36H20N2OS8/c40-28-16-8-2-3-9-17(16)29(41)25(28)37-22-14-20-32(46-22)24-34(44-20)35-27(39-36(24)12-6-1-7-13-36)33-21(45-35)15-23(47-33)38-26-30(42)18-10-4-5-11-19(18)31(26)43/h2-5,8-11,14-15H,1,6-7,12-13H2. The molecule has 2 aliphatic rings. The Hall–Kier alpha value is -2.74. The zero-order valence-corrected chi connectivity index (χ0v) is 30.9. The average molecular weight is 753 g/mol. The van der Waals surface area contributed by atoms with Crippen LogP contribution < -0.4 is 15.5 Å². The van der Waals surface area contributed by atoms with E-state index in [9.17, 15) is 0 Å². The van der Waals surface area contributed by atoms with Gasteiger partial charge in [-0.2, -0.15) is 0 Å². The first kappa shape index (κ1) is 29.2. The third-order valence-electron chi connectivity index (χ3n) is 9.42. The molecule has 1 aliphatic carbocycles. The Morgan fingerprint density at radius 2 is 1.04 bits per heavy atom. The van der Waals surface area contributed by atoms with Gasteiger partial charge in [-0.15, -0.1) is 45.3 Å². The van der Waals surface area contributed by atoms with Crippen LogP contribution in [0.3, 0.4) is 0 Å². The molecule has 1 aliphatic heterocycles. The molecule has 0 unspecified atom stereocenters. The Labute approximate surface area is 304 Å². The van der Waals surface area contributed by atoms with Crippen molar-refractivity contribution in [2.24, 2.45) is 9.98 Å². The molecule has 3 nitrogen and oxygen atoms in total. The number of fused-ring (bicyclic) bond motifs is 10. The van der Waals surface area contributed by atoms with Crippen molar-refractivity contribution in [3.8, 4) is 15.5 Å². The summed E-state index contributed by atoms with van der Waals surface area (Å²) < 4.78 is 15.1. The van der Waals surface area contributed by atoms with Gasteiger partial charge in [-0.05, 0) is 37.8 Å². The number of rotatable bonds is 2. The Morgan fingerprint density at radius 1 is 0.574 bits per heavy atom. The molecular formula is C36H20N2OS8. The molecule has 0 N–H and O–H groups in total. The molecule has 1 spiro atoms. The van der Waals surface area contributed by atoms with Gasteiger partial charge in [0.1, 0.15) is 26.3 Å². The van der Waals surface area contributed by atoms with Gasteiger partial charge in [0.25, 0.3) is 0 Å². The third-order valence-corrected chi connectivity index (χ3v) is 15.8. The molecular weight excluding hydrogens is 733 g/mol. The van der Waals surface area contributed by atoms with E-state index in [-0.39, 0.29) is 5.60 Å². The van der Waals surface area contributed by atoms with Gasteiger partial charge in [-0.1, -0.05) is 104 Å². The third kappa shape index (κ3) is 4.21. The van der Waals surface area contributed by atoms with Crippen LogP contribution in [0.4, 0.5) is 10.0 Å². The van der Waals surface area contributed by atoms with Gasteiger partial charge in [-0.3, -0.25) is 0 Å². The maximum atomic E-state index is 7.26. The van der Waals surface area contributed by atoms with Crippen LogP contribution in [-0.2, 0) is 5.60 Å². The summed E-state index contributed by atoms with van der Waals surface area (Å²) in [5, 5.41) is 7.35. The van der Waals surface area contributed by atoms with Gasteiger partial charge in [-0.25, -0.2) is 9.98 Å². The SMILES string of the molecule is S=c1c(=Nc2cc3sc4c(c3s2)OC2(CCCCC2)c2c-4sc3cc(N=c4c(=S)c5ccccc5c4=S)sc23)c(=S)c2ccccc12. The molecule has 47 heavy (non-hydrogen) atoms. The summed E-state index contributed by atoms with van der Waals surface area (Å²) >= 11 is 30.3. The van der Waals surface area contributed by atoms with E-state index in [1.807, 2.05) is 59.9 Å². The lowest BCUT2D eigenvalue weighted by atomic mass is 9.78. The Bertz CT molecular complexity index is 2870.